The number of aromatic nitrogens is 1. The summed E-state index contributed by atoms with van der Waals surface area (Å²) in [7, 11) is -3.76. The zero-order valence-electron chi connectivity index (χ0n) is 19.0. The number of piperidine rings is 1. The van der Waals surface area contributed by atoms with E-state index in [9.17, 15) is 23.4 Å². The number of aliphatic hydroxyl groups is 1. The molecule has 1 fully saturated rings. The van der Waals surface area contributed by atoms with E-state index in [0.29, 0.717) is 35.4 Å². The van der Waals surface area contributed by atoms with Crippen LogP contribution in [-0.2, 0) is 16.4 Å². The molecule has 0 amide bonds. The Morgan fingerprint density at radius 1 is 1.32 bits per heavy atom. The number of nitrogen functional groups attached to an aromatic ring is 1. The lowest BCUT2D eigenvalue weighted by molar-refractivity contribution is 0.0703. The lowest BCUT2D eigenvalue weighted by Gasteiger charge is -2.37. The van der Waals surface area contributed by atoms with Crippen LogP contribution in [-0.4, -0.2) is 54.8 Å². The summed E-state index contributed by atoms with van der Waals surface area (Å²) in [5.41, 5.74) is 8.24. The molecule has 4 rings (SSSR count). The molecule has 1 aliphatic rings. The summed E-state index contributed by atoms with van der Waals surface area (Å²) in [6, 6.07) is 7.83. The van der Waals surface area contributed by atoms with Gasteiger partial charge in [-0.15, -0.1) is 11.3 Å². The smallest absolute Gasteiger partial charge is 0.348 e. The van der Waals surface area contributed by atoms with Crippen molar-refractivity contribution in [3.8, 4) is 0 Å². The summed E-state index contributed by atoms with van der Waals surface area (Å²) in [5, 5.41) is 20.9. The molecule has 0 aliphatic carbocycles. The molecule has 34 heavy (non-hydrogen) atoms. The highest BCUT2D eigenvalue weighted by Gasteiger charge is 2.32. The van der Waals surface area contributed by atoms with Crippen molar-refractivity contribution < 1.29 is 23.4 Å². The predicted molar refractivity (Wildman–Crippen MR) is 133 cm³/mol. The van der Waals surface area contributed by atoms with Gasteiger partial charge in [0, 0.05) is 18.5 Å². The minimum absolute atomic E-state index is 0.0706. The molecule has 1 aromatic carbocycles. The Hall–Kier alpha value is -2.73. The number of nitrogens with zero attached hydrogens (tertiary/aromatic N) is 2. The van der Waals surface area contributed by atoms with Crippen molar-refractivity contribution in [1.29, 1.82) is 0 Å². The molecule has 2 aromatic heterocycles. The van der Waals surface area contributed by atoms with E-state index in [1.165, 1.54) is 0 Å². The van der Waals surface area contributed by atoms with Crippen LogP contribution in [0.4, 0.5) is 11.5 Å². The topological polar surface area (TPSA) is 146 Å². The molecular formula is C23H28N4O5S2. The maximum Gasteiger partial charge on any atom is 0.348 e. The van der Waals surface area contributed by atoms with Gasteiger partial charge in [0.25, 0.3) is 0 Å². The number of benzene rings is 1. The minimum Gasteiger partial charge on any atom is -0.477 e. The van der Waals surface area contributed by atoms with Crippen LogP contribution in [0.2, 0.25) is 0 Å². The fraction of sp³-hybridized carbons (Fsp3) is 0.391. The van der Waals surface area contributed by atoms with Crippen molar-refractivity contribution >= 4 is 49.1 Å². The van der Waals surface area contributed by atoms with Gasteiger partial charge >= 0.3 is 5.97 Å². The normalized spacial score (nSPS) is 19.0. The van der Waals surface area contributed by atoms with Gasteiger partial charge in [0.15, 0.2) is 0 Å². The quantitative estimate of drug-likeness (QED) is 0.384. The number of carbonyl (C=O) groups is 1. The number of fused-ring (bicyclic) bond motifs is 1. The van der Waals surface area contributed by atoms with Crippen LogP contribution in [0, 0.1) is 6.92 Å². The number of sulfonamides is 1. The number of nitrogens with two attached hydrogens (primary N) is 1. The van der Waals surface area contributed by atoms with Gasteiger partial charge in [-0.25, -0.2) is 22.9 Å². The van der Waals surface area contributed by atoms with E-state index >= 15 is 0 Å². The number of aromatic carboxylic acids is 1. The lowest BCUT2D eigenvalue weighted by atomic mass is 10.0. The maximum atomic E-state index is 12.8. The number of aliphatic hydroxyl groups excluding tert-OH is 1. The van der Waals surface area contributed by atoms with Crippen LogP contribution < -0.4 is 15.4 Å². The Morgan fingerprint density at radius 2 is 2.03 bits per heavy atom. The number of anilines is 2. The van der Waals surface area contributed by atoms with E-state index < -0.39 is 28.1 Å². The first-order valence-electron chi connectivity index (χ1n) is 11.1. The summed E-state index contributed by atoms with van der Waals surface area (Å²) in [4.78, 5) is 18.9. The highest BCUT2D eigenvalue weighted by atomic mass is 32.2. The van der Waals surface area contributed by atoms with Crippen molar-refractivity contribution in [3.05, 3.63) is 46.3 Å². The molecule has 3 heterocycles. The van der Waals surface area contributed by atoms with Gasteiger partial charge in [0.2, 0.25) is 10.0 Å². The molecule has 0 radical (unpaired) electrons. The molecular weight excluding hydrogens is 476 g/mol. The summed E-state index contributed by atoms with van der Waals surface area (Å²) in [6.07, 6.45) is 1.01. The minimum atomic E-state index is -3.76. The largest absolute Gasteiger partial charge is 0.477 e. The van der Waals surface area contributed by atoms with Crippen LogP contribution in [0.25, 0.3) is 10.2 Å². The second-order valence-electron chi connectivity index (χ2n) is 8.56. The van der Waals surface area contributed by atoms with Gasteiger partial charge < -0.3 is 20.8 Å². The van der Waals surface area contributed by atoms with E-state index in [-0.39, 0.29) is 22.0 Å². The number of β-amino-alcohol motifs (C(OH)–C–C–N with tert-alkyl or cyclic N) is 1. The van der Waals surface area contributed by atoms with Crippen LogP contribution in [0.5, 0.6) is 0 Å². The van der Waals surface area contributed by atoms with Gasteiger partial charge in [-0.1, -0.05) is 31.0 Å². The number of rotatable bonds is 7. The molecule has 3 aromatic rings. The number of carboxylic acid groups (broad SMARTS) is 1. The highest BCUT2D eigenvalue weighted by molar-refractivity contribution is 7.89. The second-order valence-corrected chi connectivity index (χ2v) is 11.3. The molecule has 9 nitrogen and oxygen atoms in total. The lowest BCUT2D eigenvalue weighted by Crippen LogP contribution is -2.54. The third-order valence-corrected chi connectivity index (χ3v) is 8.62. The number of carboxylic acids is 1. The van der Waals surface area contributed by atoms with Gasteiger partial charge in [0.05, 0.1) is 22.7 Å². The van der Waals surface area contributed by atoms with Gasteiger partial charge in [0.1, 0.15) is 15.5 Å². The summed E-state index contributed by atoms with van der Waals surface area (Å²) < 4.78 is 28.1. The van der Waals surface area contributed by atoms with E-state index in [1.54, 1.807) is 24.3 Å². The van der Waals surface area contributed by atoms with Crippen molar-refractivity contribution in [2.24, 2.45) is 0 Å². The fourth-order valence-electron chi connectivity index (χ4n) is 4.23. The third kappa shape index (κ3) is 4.74. The Kier molecular flexibility index (Phi) is 6.81. The summed E-state index contributed by atoms with van der Waals surface area (Å²) in [5.74, 6) is -0.463. The zero-order chi connectivity index (χ0) is 24.6. The molecule has 0 spiro atoms. The first-order chi connectivity index (χ1) is 16.1. The SMILES string of the molecule is CCCc1cc(N2CCC(NS(=O)(=O)c3ccc(C)cc3)C(O)C2)nc2sc(C(=O)O)c(N)c12. The fourth-order valence-corrected chi connectivity index (χ4v) is 6.51. The zero-order valence-corrected chi connectivity index (χ0v) is 20.6. The van der Waals surface area contributed by atoms with Gasteiger partial charge in [-0.05, 0) is 43.5 Å². The van der Waals surface area contributed by atoms with Crippen LogP contribution >= 0.6 is 11.3 Å². The average Bonchev–Trinajstić information content (AvgIpc) is 3.12. The van der Waals surface area contributed by atoms with Crippen molar-refractivity contribution in [2.75, 3.05) is 23.7 Å². The number of pyridine rings is 1. The molecule has 11 heteroatoms. The first-order valence-corrected chi connectivity index (χ1v) is 13.4. The number of nitrogens with one attached hydrogen (secondary N) is 1. The van der Waals surface area contributed by atoms with E-state index in [0.717, 1.165) is 28.9 Å². The van der Waals surface area contributed by atoms with Crippen molar-refractivity contribution in [2.45, 2.75) is 50.2 Å². The molecule has 1 aliphatic heterocycles. The molecule has 0 saturated carbocycles. The molecule has 1 saturated heterocycles. The molecule has 5 N–H and O–H groups in total. The standard InChI is InChI=1S/C23H28N4O5S2/c1-3-4-14-11-18(25-22-19(14)20(24)21(33-22)23(29)30)27-10-9-16(17(28)12-27)26-34(31,32)15-7-5-13(2)6-8-15/h5-8,11,16-17,26,28H,3-4,9-10,12,24H2,1-2H3,(H,29,30). The number of hydrogen-bond donors (Lipinski definition) is 4. The third-order valence-electron chi connectivity index (χ3n) is 6.02. The monoisotopic (exact) mass is 504 g/mol. The van der Waals surface area contributed by atoms with Crippen LogP contribution in [0.15, 0.2) is 35.2 Å². The van der Waals surface area contributed by atoms with Gasteiger partial charge in [-0.2, -0.15) is 0 Å². The van der Waals surface area contributed by atoms with E-state index in [1.807, 2.05) is 24.8 Å². The van der Waals surface area contributed by atoms with Crippen LogP contribution in [0.1, 0.15) is 40.6 Å². The molecule has 0 bridgehead atoms. The molecule has 2 unspecified atom stereocenters. The van der Waals surface area contributed by atoms with Gasteiger partial charge in [-0.3, -0.25) is 0 Å². The predicted octanol–water partition coefficient (Wildman–Crippen LogP) is 2.76. The Morgan fingerprint density at radius 3 is 2.65 bits per heavy atom. The maximum absolute atomic E-state index is 12.8. The average molecular weight is 505 g/mol. The number of hydrogen-bond acceptors (Lipinski definition) is 8. The molecule has 2 atom stereocenters. The van der Waals surface area contributed by atoms with E-state index in [4.69, 9.17) is 5.73 Å². The Labute approximate surface area is 202 Å². The highest BCUT2D eigenvalue weighted by Crippen LogP contribution is 2.37. The number of thiophene rings is 1. The Balaban J connectivity index is 1.56. The number of aryl methyl sites for hydroxylation is 2. The van der Waals surface area contributed by atoms with E-state index in [2.05, 4.69) is 9.71 Å². The van der Waals surface area contributed by atoms with Crippen molar-refractivity contribution in [1.82, 2.24) is 9.71 Å². The summed E-state index contributed by atoms with van der Waals surface area (Å²) in [6.45, 7) is 4.59. The Bertz CT molecular complexity index is 1320. The first kappa shape index (κ1) is 24.4. The van der Waals surface area contributed by atoms with Crippen LogP contribution in [0.3, 0.4) is 0 Å². The molecule has 182 valence electrons. The second kappa shape index (κ2) is 9.49. The van der Waals surface area contributed by atoms with Crippen molar-refractivity contribution in [3.63, 3.8) is 0 Å². The summed E-state index contributed by atoms with van der Waals surface area (Å²) >= 11 is 1.04.